The molecule has 0 amide bonds. The van der Waals surface area contributed by atoms with Crippen LogP contribution in [0.25, 0.3) is 5.69 Å². The third-order valence-electron chi connectivity index (χ3n) is 2.85. The maximum atomic E-state index is 5.94. The number of anilines is 1. The van der Waals surface area contributed by atoms with Gasteiger partial charge in [0.15, 0.2) is 0 Å². The standard InChI is InChI=1S/C12H13N3/c13-11-5-4-10(9-2-3-9)8-12(11)15-7-1-6-14-15/h1,4-9H,2-3,13H2. The van der Waals surface area contributed by atoms with Gasteiger partial charge in [-0.25, -0.2) is 4.68 Å². The van der Waals surface area contributed by atoms with E-state index in [1.54, 1.807) is 6.20 Å². The second kappa shape index (κ2) is 3.12. The van der Waals surface area contributed by atoms with Gasteiger partial charge in [-0.1, -0.05) is 6.07 Å². The van der Waals surface area contributed by atoms with Crippen molar-refractivity contribution in [1.82, 2.24) is 9.78 Å². The molecule has 0 bridgehead atoms. The van der Waals surface area contributed by atoms with Crippen LogP contribution in [0.15, 0.2) is 36.7 Å². The van der Waals surface area contributed by atoms with Gasteiger partial charge in [0.1, 0.15) is 0 Å². The van der Waals surface area contributed by atoms with E-state index in [1.165, 1.54) is 18.4 Å². The second-order valence-corrected chi connectivity index (χ2v) is 4.04. The maximum Gasteiger partial charge on any atom is 0.0877 e. The molecule has 0 unspecified atom stereocenters. The Kier molecular flexibility index (Phi) is 1.78. The Bertz CT molecular complexity index is 470. The van der Waals surface area contributed by atoms with E-state index >= 15 is 0 Å². The molecule has 3 heteroatoms. The maximum absolute atomic E-state index is 5.94. The molecule has 3 rings (SSSR count). The van der Waals surface area contributed by atoms with E-state index in [-0.39, 0.29) is 0 Å². The predicted molar refractivity (Wildman–Crippen MR) is 60.0 cm³/mol. The van der Waals surface area contributed by atoms with Crippen LogP contribution in [0.3, 0.4) is 0 Å². The zero-order valence-corrected chi connectivity index (χ0v) is 8.43. The minimum Gasteiger partial charge on any atom is -0.397 e. The number of hydrogen-bond acceptors (Lipinski definition) is 2. The molecule has 1 aromatic heterocycles. The van der Waals surface area contributed by atoms with Crippen LogP contribution in [0.1, 0.15) is 24.3 Å². The fraction of sp³-hybridized carbons (Fsp3) is 0.250. The smallest absolute Gasteiger partial charge is 0.0877 e. The van der Waals surface area contributed by atoms with Gasteiger partial charge in [0.05, 0.1) is 11.4 Å². The van der Waals surface area contributed by atoms with Gasteiger partial charge in [0.2, 0.25) is 0 Å². The van der Waals surface area contributed by atoms with Crippen LogP contribution >= 0.6 is 0 Å². The lowest BCUT2D eigenvalue weighted by molar-refractivity contribution is 0.879. The van der Waals surface area contributed by atoms with E-state index < -0.39 is 0 Å². The number of benzene rings is 1. The summed E-state index contributed by atoms with van der Waals surface area (Å²) < 4.78 is 1.82. The van der Waals surface area contributed by atoms with Crippen molar-refractivity contribution in [3.05, 3.63) is 42.2 Å². The first-order valence-electron chi connectivity index (χ1n) is 5.24. The van der Waals surface area contributed by atoms with Crippen LogP contribution < -0.4 is 5.73 Å². The van der Waals surface area contributed by atoms with Crippen molar-refractivity contribution >= 4 is 5.69 Å². The van der Waals surface area contributed by atoms with Gasteiger partial charge in [-0.05, 0) is 42.5 Å². The zero-order valence-electron chi connectivity index (χ0n) is 8.43. The summed E-state index contributed by atoms with van der Waals surface area (Å²) in [6.07, 6.45) is 6.30. The molecule has 0 saturated heterocycles. The first-order valence-corrected chi connectivity index (χ1v) is 5.24. The summed E-state index contributed by atoms with van der Waals surface area (Å²) in [5, 5.41) is 4.20. The van der Waals surface area contributed by atoms with Gasteiger partial charge in [0, 0.05) is 12.4 Å². The Balaban J connectivity index is 2.08. The lowest BCUT2D eigenvalue weighted by Gasteiger charge is -2.07. The third-order valence-corrected chi connectivity index (χ3v) is 2.85. The van der Waals surface area contributed by atoms with E-state index in [2.05, 4.69) is 17.2 Å². The first-order chi connectivity index (χ1) is 7.34. The lowest BCUT2D eigenvalue weighted by Crippen LogP contribution is -2.00. The number of hydrogen-bond donors (Lipinski definition) is 1. The van der Waals surface area contributed by atoms with Crippen molar-refractivity contribution in [2.75, 3.05) is 5.73 Å². The highest BCUT2D eigenvalue weighted by Gasteiger charge is 2.24. The topological polar surface area (TPSA) is 43.8 Å². The van der Waals surface area contributed by atoms with Crippen LogP contribution in [-0.4, -0.2) is 9.78 Å². The van der Waals surface area contributed by atoms with Crippen LogP contribution in [-0.2, 0) is 0 Å². The Morgan fingerprint density at radius 2 is 2.20 bits per heavy atom. The highest BCUT2D eigenvalue weighted by atomic mass is 15.3. The summed E-state index contributed by atoms with van der Waals surface area (Å²) in [5.41, 5.74) is 9.10. The van der Waals surface area contributed by atoms with E-state index in [4.69, 9.17) is 5.73 Å². The Morgan fingerprint density at radius 1 is 1.33 bits per heavy atom. The number of rotatable bonds is 2. The van der Waals surface area contributed by atoms with Gasteiger partial charge < -0.3 is 5.73 Å². The molecule has 15 heavy (non-hydrogen) atoms. The molecule has 2 N–H and O–H groups in total. The average Bonchev–Trinajstić information content (AvgIpc) is 2.95. The molecule has 1 saturated carbocycles. The molecule has 0 atom stereocenters. The number of nitrogens with two attached hydrogens (primary N) is 1. The van der Waals surface area contributed by atoms with Gasteiger partial charge >= 0.3 is 0 Å². The van der Waals surface area contributed by atoms with Gasteiger partial charge in [-0.2, -0.15) is 5.10 Å². The lowest BCUT2D eigenvalue weighted by atomic mass is 10.1. The largest absolute Gasteiger partial charge is 0.397 e. The van der Waals surface area contributed by atoms with Crippen molar-refractivity contribution in [1.29, 1.82) is 0 Å². The summed E-state index contributed by atoms with van der Waals surface area (Å²) in [4.78, 5) is 0. The molecule has 3 nitrogen and oxygen atoms in total. The molecule has 76 valence electrons. The summed E-state index contributed by atoms with van der Waals surface area (Å²) in [5.74, 6) is 0.750. The molecule has 0 spiro atoms. The fourth-order valence-corrected chi connectivity index (χ4v) is 1.84. The monoisotopic (exact) mass is 199 g/mol. The molecule has 1 aromatic carbocycles. The molecule has 1 fully saturated rings. The molecule has 1 heterocycles. The molecular formula is C12H13N3. The van der Waals surface area contributed by atoms with Gasteiger partial charge in [0.25, 0.3) is 0 Å². The molecule has 0 aliphatic heterocycles. The predicted octanol–water partition coefficient (Wildman–Crippen LogP) is 2.33. The third kappa shape index (κ3) is 1.50. The van der Waals surface area contributed by atoms with Crippen LogP contribution in [0.5, 0.6) is 0 Å². The summed E-state index contributed by atoms with van der Waals surface area (Å²) in [6, 6.07) is 8.16. The van der Waals surface area contributed by atoms with Crippen molar-refractivity contribution in [3.63, 3.8) is 0 Å². The SMILES string of the molecule is Nc1ccc(C2CC2)cc1-n1cccn1. The zero-order chi connectivity index (χ0) is 10.3. The van der Waals surface area contributed by atoms with E-state index in [1.807, 2.05) is 23.0 Å². The number of aromatic nitrogens is 2. The number of nitrogen functional groups attached to an aromatic ring is 1. The fourth-order valence-electron chi connectivity index (χ4n) is 1.84. The Labute approximate surface area is 88.5 Å². The summed E-state index contributed by atoms with van der Waals surface area (Å²) >= 11 is 0. The quantitative estimate of drug-likeness (QED) is 0.754. The minimum atomic E-state index is 0.750. The van der Waals surface area contributed by atoms with Crippen molar-refractivity contribution in [2.24, 2.45) is 0 Å². The average molecular weight is 199 g/mol. The second-order valence-electron chi connectivity index (χ2n) is 4.04. The molecule has 1 aliphatic carbocycles. The van der Waals surface area contributed by atoms with Crippen molar-refractivity contribution < 1.29 is 0 Å². The highest BCUT2D eigenvalue weighted by molar-refractivity contribution is 5.59. The van der Waals surface area contributed by atoms with Crippen LogP contribution in [0.4, 0.5) is 5.69 Å². The molecule has 0 radical (unpaired) electrons. The van der Waals surface area contributed by atoms with Gasteiger partial charge in [-0.15, -0.1) is 0 Å². The van der Waals surface area contributed by atoms with Crippen LogP contribution in [0, 0.1) is 0 Å². The minimum absolute atomic E-state index is 0.750. The van der Waals surface area contributed by atoms with Crippen LogP contribution in [0.2, 0.25) is 0 Å². The van der Waals surface area contributed by atoms with Gasteiger partial charge in [-0.3, -0.25) is 0 Å². The summed E-state index contributed by atoms with van der Waals surface area (Å²) in [6.45, 7) is 0. The summed E-state index contributed by atoms with van der Waals surface area (Å²) in [7, 11) is 0. The van der Waals surface area contributed by atoms with Crippen molar-refractivity contribution in [2.45, 2.75) is 18.8 Å². The molecular weight excluding hydrogens is 186 g/mol. The Hall–Kier alpha value is -1.77. The van der Waals surface area contributed by atoms with E-state index in [9.17, 15) is 0 Å². The van der Waals surface area contributed by atoms with E-state index in [0.29, 0.717) is 0 Å². The number of nitrogens with zero attached hydrogens (tertiary/aromatic N) is 2. The Morgan fingerprint density at radius 3 is 2.87 bits per heavy atom. The highest BCUT2D eigenvalue weighted by Crippen LogP contribution is 2.41. The van der Waals surface area contributed by atoms with E-state index in [0.717, 1.165) is 17.3 Å². The normalized spacial score (nSPS) is 15.5. The first kappa shape index (κ1) is 8.53. The van der Waals surface area contributed by atoms with Crippen molar-refractivity contribution in [3.8, 4) is 5.69 Å². The molecule has 1 aliphatic rings. The molecule has 2 aromatic rings.